The molecule has 0 radical (unpaired) electrons. The zero-order valence-electron chi connectivity index (χ0n) is 43.8. The maximum absolute atomic E-state index is 15.2. The number of imidazole rings is 1. The Morgan fingerprint density at radius 1 is 0.947 bits per heavy atom. The number of aromatic hydroxyl groups is 1. The maximum atomic E-state index is 15.2. The fourth-order valence-corrected chi connectivity index (χ4v) is 10.4. The van der Waals surface area contributed by atoms with Gasteiger partial charge in [-0.1, -0.05) is 58.1 Å². The minimum Gasteiger partial charge on any atom is -0.507 e. The van der Waals surface area contributed by atoms with E-state index < -0.39 is 105 Å². The molecule has 10 atom stereocenters. The summed E-state index contributed by atoms with van der Waals surface area (Å²) in [6.07, 6.45) is 4.24. The Morgan fingerprint density at radius 3 is 2.29 bits per heavy atom. The number of aliphatic hydroxyl groups is 2. The van der Waals surface area contributed by atoms with Gasteiger partial charge in [-0.3, -0.25) is 33.4 Å². The smallest absolute Gasteiger partial charge is 0.414 e. The molecule has 6 heterocycles. The Morgan fingerprint density at radius 2 is 1.64 bits per heavy atom. The summed E-state index contributed by atoms with van der Waals surface area (Å²) in [5.41, 5.74) is -0.673. The van der Waals surface area contributed by atoms with Crippen LogP contribution in [0.4, 0.5) is 5.82 Å². The number of aromatic nitrogens is 2. The number of rotatable bonds is 9. The molecule has 2 aromatic carbocycles. The van der Waals surface area contributed by atoms with Crippen LogP contribution in [0.1, 0.15) is 90.7 Å². The van der Waals surface area contributed by atoms with Gasteiger partial charge in [-0.2, -0.15) is 0 Å². The number of nitrogens with zero attached hydrogens (tertiary/aromatic N) is 5. The third-order valence-electron chi connectivity index (χ3n) is 15.0. The summed E-state index contributed by atoms with van der Waals surface area (Å²) in [6.45, 7) is 14.7. The summed E-state index contributed by atoms with van der Waals surface area (Å²) in [5.74, 6) is -9.14. The van der Waals surface area contributed by atoms with Gasteiger partial charge in [0.05, 0.1) is 47.8 Å². The first-order valence-corrected chi connectivity index (χ1v) is 25.1. The number of aliphatic hydroxyl groups excluding tert-OH is 2. The number of esters is 1. The predicted octanol–water partition coefficient (Wildman–Crippen LogP) is 4.72. The van der Waals surface area contributed by atoms with E-state index in [0.29, 0.717) is 31.9 Å². The van der Waals surface area contributed by atoms with Gasteiger partial charge >= 0.3 is 23.6 Å². The van der Waals surface area contributed by atoms with E-state index in [1.165, 1.54) is 59.4 Å². The summed E-state index contributed by atoms with van der Waals surface area (Å²) in [6, 6.07) is 7.63. The van der Waals surface area contributed by atoms with Crippen LogP contribution in [0, 0.1) is 40.7 Å². The number of phenols is 1. The number of ether oxygens (including phenoxy) is 6. The summed E-state index contributed by atoms with van der Waals surface area (Å²) >= 11 is 0. The van der Waals surface area contributed by atoms with Crippen molar-refractivity contribution in [3.8, 4) is 23.3 Å². The number of phenolic OH excluding ortho intramolecular Hbond substituents is 1. The predicted molar refractivity (Wildman–Crippen MR) is 270 cm³/mol. The number of ketones is 3. The second-order valence-corrected chi connectivity index (χ2v) is 20.3. The number of carbonyl (C=O) groups is 5. The van der Waals surface area contributed by atoms with E-state index in [1.54, 1.807) is 49.3 Å². The molecule has 1 aromatic heterocycles. The lowest BCUT2D eigenvalue weighted by Gasteiger charge is -2.39. The molecule has 406 valence electrons. The molecule has 76 heavy (non-hydrogen) atoms. The number of fused-ring (bicyclic) bond motifs is 15. The van der Waals surface area contributed by atoms with Crippen molar-refractivity contribution in [2.75, 3.05) is 39.9 Å². The second kappa shape index (κ2) is 22.1. The van der Waals surface area contributed by atoms with Gasteiger partial charge in [-0.05, 0) is 42.5 Å². The van der Waals surface area contributed by atoms with Crippen LogP contribution in [0.2, 0.25) is 0 Å². The number of allylic oxidation sites excluding steroid dienone is 4. The van der Waals surface area contributed by atoms with Crippen LogP contribution >= 0.6 is 0 Å². The van der Waals surface area contributed by atoms with Gasteiger partial charge in [0.1, 0.15) is 47.6 Å². The molecular weight excluding hydrogens is 989 g/mol. The Bertz CT molecular complexity index is 2910. The number of nitrogens with one attached hydrogen (secondary N) is 1. The molecule has 3 aromatic rings. The first-order chi connectivity index (χ1) is 36.0. The number of nitro groups is 1. The molecule has 0 spiro atoms. The molecule has 5 bridgehead atoms. The summed E-state index contributed by atoms with van der Waals surface area (Å²) < 4.78 is 37.0. The van der Waals surface area contributed by atoms with E-state index in [9.17, 15) is 44.6 Å². The average molecular weight is 1050 g/mol. The molecule has 1 fully saturated rings. The highest BCUT2D eigenvalue weighted by Crippen LogP contribution is 2.49. The van der Waals surface area contributed by atoms with Gasteiger partial charge in [0.25, 0.3) is 11.7 Å². The van der Waals surface area contributed by atoms with Crippen molar-refractivity contribution < 1.29 is 72.6 Å². The first-order valence-electron chi connectivity index (χ1n) is 25.1. The van der Waals surface area contributed by atoms with Crippen LogP contribution in [0.15, 0.2) is 78.0 Å². The fourth-order valence-electron chi connectivity index (χ4n) is 10.4. The van der Waals surface area contributed by atoms with Gasteiger partial charge in [0.15, 0.2) is 6.10 Å². The summed E-state index contributed by atoms with van der Waals surface area (Å²) in [4.78, 5) is 89.6. The highest BCUT2D eigenvalue weighted by atomic mass is 16.7. The number of carbonyl (C=O) groups excluding carboxylic acids is 5. The molecule has 6 aliphatic rings. The van der Waals surface area contributed by atoms with Gasteiger partial charge in [0, 0.05) is 93.5 Å². The molecule has 5 aliphatic heterocycles. The molecule has 1 saturated heterocycles. The lowest BCUT2D eigenvalue weighted by Crippen LogP contribution is -2.49. The van der Waals surface area contributed by atoms with Crippen LogP contribution in [0.5, 0.6) is 23.3 Å². The largest absolute Gasteiger partial charge is 0.507 e. The highest BCUT2D eigenvalue weighted by molar-refractivity contribution is 6.32. The van der Waals surface area contributed by atoms with Crippen LogP contribution < -0.4 is 19.5 Å². The van der Waals surface area contributed by atoms with Crippen molar-refractivity contribution in [3.05, 3.63) is 116 Å². The highest BCUT2D eigenvalue weighted by Gasteiger charge is 2.53. The Hall–Kier alpha value is -7.40. The number of piperazine rings is 1. The number of hydrogen-bond acceptors (Lipinski definition) is 19. The van der Waals surface area contributed by atoms with Gasteiger partial charge < -0.3 is 64.1 Å². The lowest BCUT2D eigenvalue weighted by molar-refractivity contribution is -0.389. The van der Waals surface area contributed by atoms with Crippen LogP contribution in [-0.4, -0.2) is 145 Å². The van der Waals surface area contributed by atoms with Crippen molar-refractivity contribution in [2.45, 2.75) is 105 Å². The quantitative estimate of drug-likeness (QED) is 0.128. The topological polar surface area (TPSA) is 281 Å². The Labute approximate surface area is 438 Å². The molecule has 22 nitrogen and oxygen atoms in total. The van der Waals surface area contributed by atoms with E-state index in [4.69, 9.17) is 28.4 Å². The molecule has 1 unspecified atom stereocenters. The molecule has 1 aliphatic carbocycles. The number of amides is 1. The standard InChI is InChI=1S/C54H64N6O16/c1-27-11-10-12-28(2)52(68)56-42-43(58-20-18-57(19-21-58)23-34-13-15-35(16-14-34)72-26-36-24-59-25-38(60(69)70)55-53(59)75-36)48(66)39-40(47(42)65)46(64)32(6)50-41(39)51(67)54(8,76-50)73-22-17-37(71-9)29(3)49(74-33(7)61)31(5)45(63)30(4)44(27)62/h10-17,22,25,27,29-31,36-37,44-45,49,62-64H,18-21,23-24,26H2,1-9H3,(H,56,68)/t27-,29+,30+,31+,36?,37-,44-,45+,49+,54-/m0/s1. The first kappa shape index (κ1) is 54.8. The van der Waals surface area contributed by atoms with Crippen molar-refractivity contribution in [1.29, 1.82) is 0 Å². The minimum atomic E-state index is -2.13. The van der Waals surface area contributed by atoms with Crippen LogP contribution in [-0.2, 0) is 36.9 Å². The van der Waals surface area contributed by atoms with Crippen LogP contribution in [0.25, 0.3) is 0 Å². The fraction of sp³-hybridized carbons (Fsp3) is 0.481. The van der Waals surface area contributed by atoms with Crippen molar-refractivity contribution in [1.82, 2.24) is 24.7 Å². The van der Waals surface area contributed by atoms with Gasteiger partial charge in [-0.15, -0.1) is 0 Å². The molecule has 9 rings (SSSR count). The van der Waals surface area contributed by atoms with Crippen LogP contribution in [0.3, 0.4) is 0 Å². The number of methoxy groups -OCH3 is 1. The van der Waals surface area contributed by atoms with E-state index in [2.05, 4.69) is 15.2 Å². The Kier molecular flexibility index (Phi) is 15.9. The molecule has 0 saturated carbocycles. The SMILES string of the molecule is CO[C@H]1C=CO[C@@]2(C)Oc3c(C)c(O)c4c(c3C2=O)C(=O)C(N2CCN(Cc3ccc(OCC5Cn6cc([N+](=O)[O-])nc6O5)cc3)CC2)=C(NC(=O)C(C)=CC=C[C@H](C)[C@H](O)[C@@H](C)[C@@H](O)[C@@H](C)[C@H](OC(C)=O)[C@@H]1C)C4=O. The maximum Gasteiger partial charge on any atom is 0.414 e. The minimum absolute atomic E-state index is 0.0226. The van der Waals surface area contributed by atoms with E-state index in [0.717, 1.165) is 5.56 Å². The number of Topliss-reactive ketones (excluding diaryl/α,β-unsaturated/α-hetero) is 3. The molecule has 4 N–H and O–H groups in total. The van der Waals surface area contributed by atoms with Crippen molar-refractivity contribution in [3.63, 3.8) is 0 Å². The van der Waals surface area contributed by atoms with Crippen molar-refractivity contribution in [2.24, 2.45) is 23.7 Å². The number of benzene rings is 2. The van der Waals surface area contributed by atoms with Gasteiger partial charge in [0.2, 0.25) is 11.6 Å². The van der Waals surface area contributed by atoms with E-state index in [1.807, 2.05) is 24.3 Å². The van der Waals surface area contributed by atoms with Crippen molar-refractivity contribution >= 4 is 35.0 Å². The summed E-state index contributed by atoms with van der Waals surface area (Å²) in [5, 5.41) is 48.6. The monoisotopic (exact) mass is 1050 g/mol. The Balaban J connectivity index is 1.07. The molecule has 22 heteroatoms. The third-order valence-corrected chi connectivity index (χ3v) is 15.0. The lowest BCUT2D eigenvalue weighted by atomic mass is 9.78. The normalized spacial score (nSPS) is 28.3. The van der Waals surface area contributed by atoms with E-state index in [-0.39, 0.29) is 71.5 Å². The number of hydrogen-bond donors (Lipinski definition) is 4. The van der Waals surface area contributed by atoms with Gasteiger partial charge in [-0.25, -0.2) is 0 Å². The molecular formula is C54H64N6O16. The zero-order valence-corrected chi connectivity index (χ0v) is 43.8. The third kappa shape index (κ3) is 10.7. The summed E-state index contributed by atoms with van der Waals surface area (Å²) in [7, 11) is 1.42. The second-order valence-electron chi connectivity index (χ2n) is 20.3. The zero-order chi connectivity index (χ0) is 55.1. The van der Waals surface area contributed by atoms with E-state index >= 15 is 4.79 Å². The average Bonchev–Trinajstić information content (AvgIpc) is 4.14. The molecule has 1 amide bonds.